The summed E-state index contributed by atoms with van der Waals surface area (Å²) < 4.78 is 18.5. The lowest BCUT2D eigenvalue weighted by molar-refractivity contribution is 0.0916. The fourth-order valence-corrected chi connectivity index (χ4v) is 3.64. The summed E-state index contributed by atoms with van der Waals surface area (Å²) in [5, 5.41) is 9.91. The van der Waals surface area contributed by atoms with Crippen LogP contribution in [0.15, 0.2) is 18.2 Å². The van der Waals surface area contributed by atoms with Gasteiger partial charge >= 0.3 is 0 Å². The largest absolute Gasteiger partial charge is 0.496 e. The van der Waals surface area contributed by atoms with Crippen molar-refractivity contribution in [1.82, 2.24) is 4.90 Å². The quantitative estimate of drug-likeness (QED) is 0.859. The van der Waals surface area contributed by atoms with E-state index in [0.29, 0.717) is 11.7 Å². The number of fused-ring (bicyclic) bond motifs is 1. The first-order valence-corrected chi connectivity index (χ1v) is 7.35. The summed E-state index contributed by atoms with van der Waals surface area (Å²) in [4.78, 5) is 14.4. The Labute approximate surface area is 123 Å². The Balaban J connectivity index is 1.69. The van der Waals surface area contributed by atoms with Gasteiger partial charge in [0.2, 0.25) is 0 Å². The van der Waals surface area contributed by atoms with E-state index in [1.54, 1.807) is 0 Å². The number of aliphatic hydroxyl groups excluding tert-OH is 1. The molecule has 3 atom stereocenters. The zero-order valence-corrected chi connectivity index (χ0v) is 12.1. The molecule has 1 heterocycles. The van der Waals surface area contributed by atoms with Crippen molar-refractivity contribution in [3.8, 4) is 5.75 Å². The zero-order valence-electron chi connectivity index (χ0n) is 12.1. The van der Waals surface area contributed by atoms with Crippen LogP contribution in [0.2, 0.25) is 0 Å². The number of carbonyl (C=O) groups excluding carboxylic acids is 1. The number of ether oxygens (including phenoxy) is 1. The number of aliphatic hydroxyl groups is 1. The van der Waals surface area contributed by atoms with Gasteiger partial charge in [0.1, 0.15) is 11.6 Å². The Morgan fingerprint density at radius 2 is 2.24 bits per heavy atom. The first-order valence-electron chi connectivity index (χ1n) is 7.35. The predicted octanol–water partition coefficient (Wildman–Crippen LogP) is 1.72. The predicted molar refractivity (Wildman–Crippen MR) is 75.9 cm³/mol. The number of hydrogen-bond acceptors (Lipinski definition) is 4. The number of benzene rings is 1. The molecule has 2 aliphatic rings. The maximum absolute atomic E-state index is 13.3. The fourth-order valence-electron chi connectivity index (χ4n) is 3.64. The zero-order chi connectivity index (χ0) is 15.0. The lowest BCUT2D eigenvalue weighted by Crippen LogP contribution is -2.30. The monoisotopic (exact) mass is 293 g/mol. The van der Waals surface area contributed by atoms with Crippen LogP contribution in [0.1, 0.15) is 23.2 Å². The number of halogens is 1. The van der Waals surface area contributed by atoms with Gasteiger partial charge in [-0.25, -0.2) is 4.39 Å². The minimum atomic E-state index is -0.437. The third-order valence-corrected chi connectivity index (χ3v) is 4.72. The summed E-state index contributed by atoms with van der Waals surface area (Å²) >= 11 is 0. The second-order valence-corrected chi connectivity index (χ2v) is 6.03. The topological polar surface area (TPSA) is 49.8 Å². The molecule has 1 saturated carbocycles. The molecule has 2 fully saturated rings. The second kappa shape index (κ2) is 5.73. The van der Waals surface area contributed by atoms with Crippen LogP contribution in [0.5, 0.6) is 5.75 Å². The average Bonchev–Trinajstić information content (AvgIpc) is 3.01. The smallest absolute Gasteiger partial charge is 0.180 e. The molecule has 1 saturated heterocycles. The molecule has 1 N–H and O–H groups in total. The van der Waals surface area contributed by atoms with Crippen LogP contribution < -0.4 is 4.74 Å². The molecule has 0 aromatic heterocycles. The van der Waals surface area contributed by atoms with Gasteiger partial charge in [-0.15, -0.1) is 0 Å². The molecule has 5 heteroatoms. The molecular formula is C16H20FNO3. The van der Waals surface area contributed by atoms with E-state index in [1.165, 1.54) is 25.3 Å². The molecule has 1 aromatic rings. The maximum atomic E-state index is 13.3. The van der Waals surface area contributed by atoms with Crippen molar-refractivity contribution in [3.63, 3.8) is 0 Å². The number of Topliss-reactive ketones (excluding diaryl/α,β-unsaturated/α-hetero) is 1. The summed E-state index contributed by atoms with van der Waals surface area (Å²) in [6.07, 6.45) is 1.66. The minimum absolute atomic E-state index is 0.138. The highest BCUT2D eigenvalue weighted by Gasteiger charge is 2.42. The Morgan fingerprint density at radius 3 is 2.95 bits per heavy atom. The molecule has 1 aliphatic heterocycles. The van der Waals surface area contributed by atoms with Gasteiger partial charge in [-0.1, -0.05) is 0 Å². The van der Waals surface area contributed by atoms with E-state index in [-0.39, 0.29) is 29.9 Å². The van der Waals surface area contributed by atoms with Gasteiger partial charge < -0.3 is 9.84 Å². The Bertz CT molecular complexity index is 548. The van der Waals surface area contributed by atoms with Crippen LogP contribution in [0.25, 0.3) is 0 Å². The molecule has 0 radical (unpaired) electrons. The third kappa shape index (κ3) is 2.80. The van der Waals surface area contributed by atoms with Gasteiger partial charge in [-0.05, 0) is 37.0 Å². The van der Waals surface area contributed by atoms with Crippen molar-refractivity contribution in [2.75, 3.05) is 26.7 Å². The van der Waals surface area contributed by atoms with Crippen molar-refractivity contribution in [3.05, 3.63) is 29.6 Å². The van der Waals surface area contributed by atoms with Crippen molar-refractivity contribution >= 4 is 5.78 Å². The van der Waals surface area contributed by atoms with Gasteiger partial charge in [0.15, 0.2) is 5.78 Å². The highest BCUT2D eigenvalue weighted by atomic mass is 19.1. The number of carbonyl (C=O) groups is 1. The van der Waals surface area contributed by atoms with E-state index in [1.807, 2.05) is 0 Å². The Kier molecular flexibility index (Phi) is 3.95. The summed E-state index contributed by atoms with van der Waals surface area (Å²) in [7, 11) is 1.47. The second-order valence-electron chi connectivity index (χ2n) is 6.03. The molecule has 114 valence electrons. The minimum Gasteiger partial charge on any atom is -0.496 e. The number of methoxy groups -OCH3 is 1. The van der Waals surface area contributed by atoms with Gasteiger partial charge in [0.05, 0.1) is 25.3 Å². The van der Waals surface area contributed by atoms with E-state index in [9.17, 15) is 14.3 Å². The van der Waals surface area contributed by atoms with Crippen molar-refractivity contribution in [2.45, 2.75) is 18.9 Å². The number of rotatable bonds is 4. The van der Waals surface area contributed by atoms with Crippen molar-refractivity contribution in [2.24, 2.45) is 11.8 Å². The van der Waals surface area contributed by atoms with E-state index in [0.717, 1.165) is 25.9 Å². The molecule has 3 unspecified atom stereocenters. The van der Waals surface area contributed by atoms with Crippen LogP contribution in [-0.2, 0) is 0 Å². The Hall–Kier alpha value is -1.46. The van der Waals surface area contributed by atoms with E-state index < -0.39 is 5.82 Å². The molecule has 0 amide bonds. The van der Waals surface area contributed by atoms with Gasteiger partial charge in [0, 0.05) is 19.0 Å². The van der Waals surface area contributed by atoms with Crippen LogP contribution in [0.4, 0.5) is 4.39 Å². The van der Waals surface area contributed by atoms with E-state index in [4.69, 9.17) is 4.74 Å². The first kappa shape index (κ1) is 14.5. The van der Waals surface area contributed by atoms with Crippen LogP contribution in [-0.4, -0.2) is 48.6 Å². The van der Waals surface area contributed by atoms with Crippen molar-refractivity contribution < 1.29 is 19.0 Å². The summed E-state index contributed by atoms with van der Waals surface area (Å²) in [5.41, 5.74) is 0.287. The highest BCUT2D eigenvalue weighted by Crippen LogP contribution is 2.38. The lowest BCUT2D eigenvalue weighted by atomic mass is 10.00. The molecule has 3 rings (SSSR count). The molecule has 4 nitrogen and oxygen atoms in total. The average molecular weight is 293 g/mol. The van der Waals surface area contributed by atoms with Gasteiger partial charge in [0.25, 0.3) is 0 Å². The number of hydrogen-bond donors (Lipinski definition) is 1. The number of nitrogens with zero attached hydrogens (tertiary/aromatic N) is 1. The molecule has 1 aliphatic carbocycles. The van der Waals surface area contributed by atoms with Crippen LogP contribution in [0, 0.1) is 17.7 Å². The summed E-state index contributed by atoms with van der Waals surface area (Å²) in [6, 6.07) is 3.99. The first-order chi connectivity index (χ1) is 10.1. The van der Waals surface area contributed by atoms with Crippen LogP contribution >= 0.6 is 0 Å². The third-order valence-electron chi connectivity index (χ3n) is 4.72. The molecule has 0 spiro atoms. The molecule has 21 heavy (non-hydrogen) atoms. The molecule has 1 aromatic carbocycles. The SMILES string of the molecule is COc1ccc(F)cc1C(=O)CN1CC2CCC(O)C2C1. The lowest BCUT2D eigenvalue weighted by Gasteiger charge is -2.17. The Morgan fingerprint density at radius 1 is 1.43 bits per heavy atom. The standard InChI is InChI=1S/C16H20FNO3/c1-21-16-5-3-11(17)6-12(16)15(20)9-18-7-10-2-4-14(19)13(10)8-18/h3,5-6,10,13-14,19H,2,4,7-9H2,1H3. The fraction of sp³-hybridized carbons (Fsp3) is 0.562. The summed E-state index contributed by atoms with van der Waals surface area (Å²) in [5.74, 6) is 0.601. The highest BCUT2D eigenvalue weighted by molar-refractivity contribution is 6.00. The normalized spacial score (nSPS) is 28.6. The number of likely N-dealkylation sites (tertiary alicyclic amines) is 1. The van der Waals surface area contributed by atoms with E-state index in [2.05, 4.69) is 4.90 Å². The van der Waals surface area contributed by atoms with Gasteiger partial charge in [-0.3, -0.25) is 9.69 Å². The van der Waals surface area contributed by atoms with Crippen molar-refractivity contribution in [1.29, 1.82) is 0 Å². The van der Waals surface area contributed by atoms with Crippen LogP contribution in [0.3, 0.4) is 0 Å². The van der Waals surface area contributed by atoms with E-state index >= 15 is 0 Å². The number of ketones is 1. The molecule has 0 bridgehead atoms. The van der Waals surface area contributed by atoms with Gasteiger partial charge in [-0.2, -0.15) is 0 Å². The molecular weight excluding hydrogens is 273 g/mol. The maximum Gasteiger partial charge on any atom is 0.180 e. The summed E-state index contributed by atoms with van der Waals surface area (Å²) in [6.45, 7) is 1.83.